The first-order valence-corrected chi connectivity index (χ1v) is 12.4. The number of piperazine rings is 1. The second-order valence-electron chi connectivity index (χ2n) is 7.96. The van der Waals surface area contributed by atoms with E-state index >= 15 is 0 Å². The molecule has 8 heteroatoms. The Labute approximate surface area is 194 Å². The summed E-state index contributed by atoms with van der Waals surface area (Å²) in [6.07, 6.45) is 0. The van der Waals surface area contributed by atoms with Gasteiger partial charge >= 0.3 is 0 Å². The molecule has 6 nitrogen and oxygen atoms in total. The maximum atomic E-state index is 13.4. The van der Waals surface area contributed by atoms with Crippen LogP contribution in [0.5, 0.6) is 0 Å². The van der Waals surface area contributed by atoms with Gasteiger partial charge < -0.3 is 0 Å². The summed E-state index contributed by atoms with van der Waals surface area (Å²) in [6, 6.07) is 14.2. The highest BCUT2D eigenvalue weighted by molar-refractivity contribution is 7.17. The average molecular weight is 462 g/mol. The number of hydrogen-bond acceptors (Lipinski definition) is 7. The molecule has 0 atom stereocenters. The highest BCUT2D eigenvalue weighted by Gasteiger charge is 2.21. The summed E-state index contributed by atoms with van der Waals surface area (Å²) in [7, 11) is 0. The van der Waals surface area contributed by atoms with Gasteiger partial charge in [0.15, 0.2) is 0 Å². The standard InChI is InChI=1S/C24H23N5OS2/c25-7-8-29-21(15-28-11-9-27(10-12-28)14-18-6-13-31-16-18)26-23-22(24(29)30)20(17-32-23)19-4-2-1-3-5-19/h1-6,13,16-17H,8-12,14-15H2. The minimum atomic E-state index is -0.122. The van der Waals surface area contributed by atoms with E-state index in [1.807, 2.05) is 35.7 Å². The molecule has 0 amide bonds. The van der Waals surface area contributed by atoms with E-state index < -0.39 is 0 Å². The van der Waals surface area contributed by atoms with Gasteiger partial charge in [0.2, 0.25) is 0 Å². The molecule has 0 radical (unpaired) electrons. The van der Waals surface area contributed by atoms with Gasteiger partial charge in [-0.2, -0.15) is 16.6 Å². The lowest BCUT2D eigenvalue weighted by Gasteiger charge is -2.34. The first-order chi connectivity index (χ1) is 15.7. The van der Waals surface area contributed by atoms with Gasteiger partial charge in [-0.05, 0) is 28.0 Å². The van der Waals surface area contributed by atoms with E-state index in [-0.39, 0.29) is 12.1 Å². The Morgan fingerprint density at radius 3 is 2.44 bits per heavy atom. The molecule has 0 unspecified atom stereocenters. The topological polar surface area (TPSA) is 65.2 Å². The van der Waals surface area contributed by atoms with Crippen molar-refractivity contribution in [2.24, 2.45) is 0 Å². The van der Waals surface area contributed by atoms with Crippen LogP contribution in [0.4, 0.5) is 0 Å². The fourth-order valence-electron chi connectivity index (χ4n) is 4.20. The van der Waals surface area contributed by atoms with Gasteiger partial charge in [0, 0.05) is 43.7 Å². The minimum absolute atomic E-state index is 0.0132. The number of thiophene rings is 2. The van der Waals surface area contributed by atoms with E-state index in [1.165, 1.54) is 16.9 Å². The molecule has 1 aliphatic rings. The lowest BCUT2D eigenvalue weighted by Crippen LogP contribution is -2.46. The molecule has 0 spiro atoms. The Morgan fingerprint density at radius 2 is 1.75 bits per heavy atom. The monoisotopic (exact) mass is 461 g/mol. The summed E-state index contributed by atoms with van der Waals surface area (Å²) in [5, 5.41) is 16.3. The van der Waals surface area contributed by atoms with Crippen LogP contribution in [0.25, 0.3) is 21.3 Å². The molecule has 0 aliphatic carbocycles. The highest BCUT2D eigenvalue weighted by atomic mass is 32.1. The van der Waals surface area contributed by atoms with Crippen LogP contribution in [0.2, 0.25) is 0 Å². The van der Waals surface area contributed by atoms with Crippen LogP contribution >= 0.6 is 22.7 Å². The molecule has 3 aromatic heterocycles. The van der Waals surface area contributed by atoms with Gasteiger partial charge in [-0.25, -0.2) is 4.98 Å². The Morgan fingerprint density at radius 1 is 1.00 bits per heavy atom. The Balaban J connectivity index is 1.39. The number of rotatable bonds is 6. The van der Waals surface area contributed by atoms with E-state index in [1.54, 1.807) is 15.9 Å². The molecule has 0 bridgehead atoms. The van der Waals surface area contributed by atoms with Crippen molar-refractivity contribution in [1.82, 2.24) is 19.4 Å². The number of nitriles is 1. The zero-order valence-electron chi connectivity index (χ0n) is 17.6. The number of benzene rings is 1. The molecule has 1 aromatic carbocycles. The lowest BCUT2D eigenvalue weighted by molar-refractivity contribution is 0.119. The molecule has 5 rings (SSSR count). The summed E-state index contributed by atoms with van der Waals surface area (Å²) >= 11 is 3.23. The Hall–Kier alpha value is -2.83. The predicted octanol–water partition coefficient (Wildman–Crippen LogP) is 4.03. The van der Waals surface area contributed by atoms with Gasteiger partial charge in [-0.15, -0.1) is 11.3 Å². The average Bonchev–Trinajstić information content (AvgIpc) is 3.48. The highest BCUT2D eigenvalue weighted by Crippen LogP contribution is 2.31. The van der Waals surface area contributed by atoms with Crippen molar-refractivity contribution >= 4 is 32.9 Å². The third-order valence-electron chi connectivity index (χ3n) is 5.90. The van der Waals surface area contributed by atoms with Crippen LogP contribution in [-0.4, -0.2) is 45.5 Å². The molecule has 162 valence electrons. The lowest BCUT2D eigenvalue weighted by atomic mass is 10.1. The van der Waals surface area contributed by atoms with E-state index in [2.05, 4.69) is 32.7 Å². The van der Waals surface area contributed by atoms with Gasteiger partial charge in [-0.3, -0.25) is 19.2 Å². The zero-order chi connectivity index (χ0) is 21.9. The summed E-state index contributed by atoms with van der Waals surface area (Å²) in [4.78, 5) is 23.8. The van der Waals surface area contributed by atoms with Crippen molar-refractivity contribution < 1.29 is 0 Å². The van der Waals surface area contributed by atoms with Crippen LogP contribution in [0.15, 0.2) is 57.3 Å². The van der Waals surface area contributed by atoms with Crippen LogP contribution in [-0.2, 0) is 19.6 Å². The quantitative estimate of drug-likeness (QED) is 0.434. The molecular weight excluding hydrogens is 438 g/mol. The second-order valence-corrected chi connectivity index (χ2v) is 9.60. The van der Waals surface area contributed by atoms with E-state index in [9.17, 15) is 10.1 Å². The zero-order valence-corrected chi connectivity index (χ0v) is 19.2. The molecule has 1 fully saturated rings. The summed E-state index contributed by atoms with van der Waals surface area (Å²) in [5.41, 5.74) is 3.13. The van der Waals surface area contributed by atoms with Crippen molar-refractivity contribution in [2.45, 2.75) is 19.6 Å². The fraction of sp³-hybridized carbons (Fsp3) is 0.292. The van der Waals surface area contributed by atoms with Crippen molar-refractivity contribution in [3.8, 4) is 17.2 Å². The molecule has 32 heavy (non-hydrogen) atoms. The van der Waals surface area contributed by atoms with Crippen molar-refractivity contribution in [3.05, 3.63) is 74.3 Å². The first kappa shape index (κ1) is 21.0. The molecule has 1 aliphatic heterocycles. The number of hydrogen-bond donors (Lipinski definition) is 0. The normalized spacial score (nSPS) is 15.2. The molecule has 4 aromatic rings. The van der Waals surface area contributed by atoms with E-state index in [4.69, 9.17) is 4.98 Å². The summed E-state index contributed by atoms with van der Waals surface area (Å²) < 4.78 is 1.55. The van der Waals surface area contributed by atoms with Crippen molar-refractivity contribution in [1.29, 1.82) is 5.26 Å². The third-order valence-corrected chi connectivity index (χ3v) is 7.51. The largest absolute Gasteiger partial charge is 0.297 e. The molecule has 1 saturated heterocycles. The number of aromatic nitrogens is 2. The van der Waals surface area contributed by atoms with Gasteiger partial charge in [-0.1, -0.05) is 30.3 Å². The van der Waals surface area contributed by atoms with Crippen molar-refractivity contribution in [2.75, 3.05) is 26.2 Å². The summed E-state index contributed by atoms with van der Waals surface area (Å²) in [5.74, 6) is 0.678. The molecule has 0 saturated carbocycles. The fourth-order valence-corrected chi connectivity index (χ4v) is 5.81. The first-order valence-electron chi connectivity index (χ1n) is 10.6. The van der Waals surface area contributed by atoms with Gasteiger partial charge in [0.1, 0.15) is 17.2 Å². The van der Waals surface area contributed by atoms with Crippen molar-refractivity contribution in [3.63, 3.8) is 0 Å². The Bertz CT molecular complexity index is 1300. The molecular formula is C24H23N5OS2. The van der Waals surface area contributed by atoms with Crippen LogP contribution in [0, 0.1) is 11.3 Å². The maximum Gasteiger partial charge on any atom is 0.263 e. The van der Waals surface area contributed by atoms with E-state index in [0.29, 0.717) is 17.8 Å². The van der Waals surface area contributed by atoms with Crippen LogP contribution in [0.1, 0.15) is 11.4 Å². The smallest absolute Gasteiger partial charge is 0.263 e. The number of fused-ring (bicyclic) bond motifs is 1. The van der Waals surface area contributed by atoms with Crippen LogP contribution < -0.4 is 5.56 Å². The van der Waals surface area contributed by atoms with Gasteiger partial charge in [0.25, 0.3) is 5.56 Å². The Kier molecular flexibility index (Phi) is 6.14. The van der Waals surface area contributed by atoms with E-state index in [0.717, 1.165) is 48.7 Å². The predicted molar refractivity (Wildman–Crippen MR) is 130 cm³/mol. The summed E-state index contributed by atoms with van der Waals surface area (Å²) in [6.45, 7) is 5.39. The molecule has 0 N–H and O–H groups in total. The molecule has 4 heterocycles. The third kappa shape index (κ3) is 4.25. The second kappa shape index (κ2) is 9.35. The maximum absolute atomic E-state index is 13.4. The van der Waals surface area contributed by atoms with Gasteiger partial charge in [0.05, 0.1) is 18.0 Å². The SMILES string of the molecule is N#CCn1c(CN2CCN(Cc3ccsc3)CC2)nc2scc(-c3ccccc3)c2c1=O. The van der Waals surface area contributed by atoms with Crippen LogP contribution in [0.3, 0.4) is 0 Å². The number of nitrogens with zero attached hydrogens (tertiary/aromatic N) is 5. The minimum Gasteiger partial charge on any atom is -0.297 e.